The van der Waals surface area contributed by atoms with Crippen molar-refractivity contribution in [1.82, 2.24) is 0 Å². The summed E-state index contributed by atoms with van der Waals surface area (Å²) in [5.74, 6) is 1.80. The fourth-order valence-electron chi connectivity index (χ4n) is 4.84. The van der Waals surface area contributed by atoms with Crippen molar-refractivity contribution in [3.05, 3.63) is 47.0 Å². The zero-order chi connectivity index (χ0) is 13.0. The maximum atomic E-state index is 12.3. The Morgan fingerprint density at radius 2 is 2.21 bits per heavy atom. The lowest BCUT2D eigenvalue weighted by molar-refractivity contribution is 0.0943. The Hall–Kier alpha value is -1.37. The number of hydrogen-bond acceptors (Lipinski definition) is 1. The van der Waals surface area contributed by atoms with Gasteiger partial charge in [-0.05, 0) is 48.6 Å². The number of rotatable bonds is 1. The van der Waals surface area contributed by atoms with Crippen molar-refractivity contribution in [3.8, 4) is 0 Å². The van der Waals surface area contributed by atoms with E-state index in [1.807, 2.05) is 0 Å². The van der Waals surface area contributed by atoms with Gasteiger partial charge in [-0.2, -0.15) is 0 Å². The number of aryl methyl sites for hydroxylation is 1. The van der Waals surface area contributed by atoms with Crippen molar-refractivity contribution in [2.24, 2.45) is 11.8 Å². The van der Waals surface area contributed by atoms with Crippen molar-refractivity contribution < 1.29 is 4.79 Å². The molecule has 0 heterocycles. The SMILES string of the molecule is CCc1cccc2c1C1(CCC2=O)CC2C=CC1C2. The van der Waals surface area contributed by atoms with E-state index >= 15 is 0 Å². The van der Waals surface area contributed by atoms with Gasteiger partial charge in [-0.25, -0.2) is 0 Å². The Labute approximate surface area is 114 Å². The Morgan fingerprint density at radius 3 is 2.89 bits per heavy atom. The minimum atomic E-state index is 0.287. The van der Waals surface area contributed by atoms with Crippen molar-refractivity contribution in [1.29, 1.82) is 0 Å². The van der Waals surface area contributed by atoms with Crippen LogP contribution in [0.3, 0.4) is 0 Å². The number of ketones is 1. The molecular formula is C18H20O. The van der Waals surface area contributed by atoms with E-state index in [9.17, 15) is 4.79 Å². The molecule has 0 aliphatic heterocycles. The van der Waals surface area contributed by atoms with Crippen LogP contribution in [0, 0.1) is 11.8 Å². The minimum absolute atomic E-state index is 0.287. The predicted octanol–water partition coefficient (Wildman–Crippen LogP) is 4.06. The van der Waals surface area contributed by atoms with E-state index in [4.69, 9.17) is 0 Å². The highest BCUT2D eigenvalue weighted by Crippen LogP contribution is 2.58. The quantitative estimate of drug-likeness (QED) is 0.689. The van der Waals surface area contributed by atoms with Crippen LogP contribution in [-0.4, -0.2) is 5.78 Å². The fraction of sp³-hybridized carbons (Fsp3) is 0.500. The highest BCUT2D eigenvalue weighted by atomic mass is 16.1. The molecule has 1 aromatic rings. The zero-order valence-corrected chi connectivity index (χ0v) is 11.5. The Balaban J connectivity index is 1.96. The summed E-state index contributed by atoms with van der Waals surface area (Å²) >= 11 is 0. The first-order valence-corrected chi connectivity index (χ1v) is 7.58. The van der Waals surface area contributed by atoms with Crippen LogP contribution in [-0.2, 0) is 11.8 Å². The number of allylic oxidation sites excluding steroid dienone is 2. The summed E-state index contributed by atoms with van der Waals surface area (Å²) in [5.41, 5.74) is 4.15. The number of carbonyl (C=O) groups excluding carboxylic acids is 1. The van der Waals surface area contributed by atoms with Gasteiger partial charge in [0.1, 0.15) is 0 Å². The average Bonchev–Trinajstić information content (AvgIpc) is 3.04. The molecule has 19 heavy (non-hydrogen) atoms. The fourth-order valence-corrected chi connectivity index (χ4v) is 4.84. The normalized spacial score (nSPS) is 35.1. The van der Waals surface area contributed by atoms with Crippen LogP contribution >= 0.6 is 0 Å². The third-order valence-corrected chi connectivity index (χ3v) is 5.64. The molecule has 1 saturated carbocycles. The molecule has 3 aliphatic rings. The first-order valence-electron chi connectivity index (χ1n) is 7.58. The van der Waals surface area contributed by atoms with E-state index in [-0.39, 0.29) is 5.41 Å². The van der Waals surface area contributed by atoms with E-state index in [0.29, 0.717) is 11.7 Å². The van der Waals surface area contributed by atoms with Crippen molar-refractivity contribution in [2.45, 2.75) is 44.4 Å². The summed E-state index contributed by atoms with van der Waals surface area (Å²) < 4.78 is 0. The molecule has 3 aliphatic carbocycles. The second-order valence-corrected chi connectivity index (χ2v) is 6.46. The molecule has 1 nitrogen and oxygen atoms in total. The molecule has 1 fully saturated rings. The lowest BCUT2D eigenvalue weighted by Crippen LogP contribution is -2.38. The standard InChI is InChI=1S/C18H20O/c1-2-13-4-3-5-15-16(19)8-9-18(17(13)15)11-12-6-7-14(18)10-12/h3-7,12,14H,2,8-11H2,1H3. The molecule has 3 atom stereocenters. The molecule has 1 spiro atoms. The van der Waals surface area contributed by atoms with Gasteiger partial charge >= 0.3 is 0 Å². The van der Waals surface area contributed by atoms with E-state index in [2.05, 4.69) is 37.3 Å². The predicted molar refractivity (Wildman–Crippen MR) is 76.4 cm³/mol. The van der Waals surface area contributed by atoms with Crippen LogP contribution in [0.5, 0.6) is 0 Å². The van der Waals surface area contributed by atoms with Gasteiger partial charge in [-0.1, -0.05) is 37.3 Å². The van der Waals surface area contributed by atoms with Gasteiger partial charge in [0.15, 0.2) is 5.78 Å². The molecule has 0 radical (unpaired) electrons. The Bertz CT molecular complexity index is 583. The van der Waals surface area contributed by atoms with Crippen LogP contribution in [0.25, 0.3) is 0 Å². The maximum Gasteiger partial charge on any atom is 0.163 e. The molecule has 98 valence electrons. The van der Waals surface area contributed by atoms with Crippen LogP contribution < -0.4 is 0 Å². The highest BCUT2D eigenvalue weighted by Gasteiger charge is 2.52. The molecule has 0 N–H and O–H groups in total. The van der Waals surface area contributed by atoms with E-state index in [0.717, 1.165) is 30.7 Å². The monoisotopic (exact) mass is 252 g/mol. The van der Waals surface area contributed by atoms with Crippen molar-refractivity contribution >= 4 is 5.78 Å². The van der Waals surface area contributed by atoms with Crippen molar-refractivity contribution in [2.75, 3.05) is 0 Å². The first-order chi connectivity index (χ1) is 9.24. The summed E-state index contributed by atoms with van der Waals surface area (Å²) in [6.45, 7) is 2.21. The highest BCUT2D eigenvalue weighted by molar-refractivity contribution is 5.99. The molecule has 1 aromatic carbocycles. The van der Waals surface area contributed by atoms with Gasteiger partial charge in [-0.3, -0.25) is 4.79 Å². The van der Waals surface area contributed by atoms with Gasteiger partial charge in [-0.15, -0.1) is 0 Å². The summed E-state index contributed by atoms with van der Waals surface area (Å²) in [5, 5.41) is 0. The zero-order valence-electron chi connectivity index (χ0n) is 11.5. The largest absolute Gasteiger partial charge is 0.294 e. The lowest BCUT2D eigenvalue weighted by Gasteiger charge is -2.42. The number of hydrogen-bond donors (Lipinski definition) is 0. The molecule has 4 rings (SSSR count). The second-order valence-electron chi connectivity index (χ2n) is 6.46. The van der Waals surface area contributed by atoms with E-state index in [1.165, 1.54) is 24.0 Å². The Kier molecular flexibility index (Phi) is 2.30. The molecule has 0 amide bonds. The van der Waals surface area contributed by atoms with Gasteiger partial charge in [0.2, 0.25) is 0 Å². The number of Topliss-reactive ketones (excluding diaryl/α,β-unsaturated/α-hetero) is 1. The van der Waals surface area contributed by atoms with Gasteiger partial charge in [0.05, 0.1) is 0 Å². The number of carbonyl (C=O) groups is 1. The maximum absolute atomic E-state index is 12.3. The third kappa shape index (κ3) is 1.39. The van der Waals surface area contributed by atoms with Crippen LogP contribution in [0.15, 0.2) is 30.4 Å². The minimum Gasteiger partial charge on any atom is -0.294 e. The van der Waals surface area contributed by atoms with Crippen LogP contribution in [0.2, 0.25) is 0 Å². The van der Waals surface area contributed by atoms with Crippen molar-refractivity contribution in [3.63, 3.8) is 0 Å². The van der Waals surface area contributed by atoms with E-state index < -0.39 is 0 Å². The molecular weight excluding hydrogens is 232 g/mol. The number of benzene rings is 1. The van der Waals surface area contributed by atoms with Gasteiger partial charge < -0.3 is 0 Å². The smallest absolute Gasteiger partial charge is 0.163 e. The van der Waals surface area contributed by atoms with Crippen LogP contribution in [0.1, 0.15) is 54.1 Å². The first kappa shape index (κ1) is 11.5. The summed E-state index contributed by atoms with van der Waals surface area (Å²) in [6.07, 6.45) is 10.3. The Morgan fingerprint density at radius 1 is 1.32 bits per heavy atom. The second kappa shape index (κ2) is 3.82. The topological polar surface area (TPSA) is 17.1 Å². The lowest BCUT2D eigenvalue weighted by atomic mass is 9.61. The summed E-state index contributed by atoms with van der Waals surface area (Å²) in [7, 11) is 0. The third-order valence-electron chi connectivity index (χ3n) is 5.64. The molecule has 0 aromatic heterocycles. The summed E-state index contributed by atoms with van der Waals surface area (Å²) in [6, 6.07) is 6.36. The van der Waals surface area contributed by atoms with Gasteiger partial charge in [0.25, 0.3) is 0 Å². The number of fused-ring (bicyclic) bond motifs is 5. The molecule has 1 heteroatoms. The molecule has 0 saturated heterocycles. The molecule has 3 unspecified atom stereocenters. The summed E-state index contributed by atoms with van der Waals surface area (Å²) in [4.78, 5) is 12.3. The van der Waals surface area contributed by atoms with Gasteiger partial charge in [0, 0.05) is 17.4 Å². The van der Waals surface area contributed by atoms with Crippen LogP contribution in [0.4, 0.5) is 0 Å². The molecule has 2 bridgehead atoms. The van der Waals surface area contributed by atoms with E-state index in [1.54, 1.807) is 0 Å². The average molecular weight is 252 g/mol.